The van der Waals surface area contributed by atoms with Gasteiger partial charge in [0.15, 0.2) is 4.96 Å². The van der Waals surface area contributed by atoms with E-state index in [-0.39, 0.29) is 5.56 Å². The van der Waals surface area contributed by atoms with E-state index in [4.69, 9.17) is 0 Å². The normalized spacial score (nSPS) is 16.5. The van der Waals surface area contributed by atoms with Gasteiger partial charge in [0.1, 0.15) is 9.56 Å². The van der Waals surface area contributed by atoms with Gasteiger partial charge in [-0.25, -0.2) is 9.38 Å². The summed E-state index contributed by atoms with van der Waals surface area (Å²) in [6.45, 7) is 0. The topological polar surface area (TPSA) is 37.6 Å². The van der Waals surface area contributed by atoms with Gasteiger partial charge in [0, 0.05) is 11.9 Å². The lowest BCUT2D eigenvalue weighted by Crippen LogP contribution is -2.28. The van der Waals surface area contributed by atoms with Gasteiger partial charge in [-0.2, -0.15) is 0 Å². The molecule has 3 heterocycles. The number of thioether (sulfide) groups is 1. The van der Waals surface area contributed by atoms with Crippen LogP contribution in [0.1, 0.15) is 0 Å². The Bertz CT molecular complexity index is 1190. The maximum Gasteiger partial charge on any atom is 0.277 e. The molecule has 6 heteroatoms. The molecular formula is C17H11N3OS2. The maximum absolute atomic E-state index is 13.0. The van der Waals surface area contributed by atoms with Gasteiger partial charge < -0.3 is 4.90 Å². The van der Waals surface area contributed by atoms with Gasteiger partial charge in [-0.05, 0) is 24.3 Å². The van der Waals surface area contributed by atoms with Crippen LogP contribution in [0.3, 0.4) is 0 Å². The SMILES string of the molecule is CN1/C(=c2/sc3nc4ccccc4n3c2=O)Sc2ccccc21. The minimum atomic E-state index is 0.0147. The molecule has 0 saturated heterocycles. The Morgan fingerprint density at radius 1 is 1.04 bits per heavy atom. The molecule has 0 radical (unpaired) electrons. The summed E-state index contributed by atoms with van der Waals surface area (Å²) in [7, 11) is 2.01. The maximum atomic E-state index is 13.0. The molecular weight excluding hydrogens is 326 g/mol. The van der Waals surface area contributed by atoms with E-state index in [0.29, 0.717) is 0 Å². The zero-order valence-electron chi connectivity index (χ0n) is 12.2. The number of benzene rings is 2. The van der Waals surface area contributed by atoms with Crippen molar-refractivity contribution in [1.29, 1.82) is 0 Å². The van der Waals surface area contributed by atoms with Crippen molar-refractivity contribution in [3.05, 3.63) is 63.4 Å². The van der Waals surface area contributed by atoms with Crippen molar-refractivity contribution in [2.75, 3.05) is 11.9 Å². The van der Waals surface area contributed by atoms with Crippen LogP contribution in [0.5, 0.6) is 0 Å². The first-order valence-electron chi connectivity index (χ1n) is 7.19. The largest absolute Gasteiger partial charge is 0.337 e. The Labute approximate surface area is 139 Å². The highest BCUT2D eigenvalue weighted by atomic mass is 32.2. The molecule has 112 valence electrons. The standard InChI is InChI=1S/C17H11N3OS2/c1-19-12-8-4-5-9-13(12)22-16(19)14-15(21)20-11-7-3-2-6-10(11)18-17(20)23-14/h2-9H,1H3/b16-14-. The van der Waals surface area contributed by atoms with Gasteiger partial charge >= 0.3 is 0 Å². The van der Waals surface area contributed by atoms with E-state index in [9.17, 15) is 4.79 Å². The summed E-state index contributed by atoms with van der Waals surface area (Å²) in [6, 6.07) is 16.0. The molecule has 5 rings (SSSR count). The summed E-state index contributed by atoms with van der Waals surface area (Å²) in [6.07, 6.45) is 0. The van der Waals surface area contributed by atoms with Crippen molar-refractivity contribution in [3.63, 3.8) is 0 Å². The highest BCUT2D eigenvalue weighted by Gasteiger charge is 2.24. The number of fused-ring (bicyclic) bond motifs is 4. The van der Waals surface area contributed by atoms with Gasteiger partial charge in [0.05, 0.1) is 16.7 Å². The van der Waals surface area contributed by atoms with Crippen LogP contribution in [0.2, 0.25) is 0 Å². The molecule has 2 aromatic carbocycles. The molecule has 0 atom stereocenters. The van der Waals surface area contributed by atoms with Crippen LogP contribution in [0.4, 0.5) is 5.69 Å². The number of hydrogen-bond donors (Lipinski definition) is 0. The van der Waals surface area contributed by atoms with E-state index in [1.807, 2.05) is 43.4 Å². The molecule has 23 heavy (non-hydrogen) atoms. The van der Waals surface area contributed by atoms with Gasteiger partial charge in [0.25, 0.3) is 5.56 Å². The minimum Gasteiger partial charge on any atom is -0.337 e. The fourth-order valence-electron chi connectivity index (χ4n) is 2.94. The van der Waals surface area contributed by atoms with Gasteiger partial charge in [-0.3, -0.25) is 4.79 Å². The predicted octanol–water partition coefficient (Wildman–Crippen LogP) is 2.94. The molecule has 0 saturated carbocycles. The number of rotatable bonds is 0. The minimum absolute atomic E-state index is 0.0147. The Hall–Kier alpha value is -2.31. The van der Waals surface area contributed by atoms with E-state index < -0.39 is 0 Å². The molecule has 0 bridgehead atoms. The Kier molecular flexibility index (Phi) is 2.63. The fraction of sp³-hybridized carbons (Fsp3) is 0.0588. The highest BCUT2D eigenvalue weighted by Crippen LogP contribution is 2.45. The summed E-state index contributed by atoms with van der Waals surface area (Å²) in [4.78, 5) is 21.6. The number of nitrogens with zero attached hydrogens (tertiary/aromatic N) is 3. The van der Waals surface area contributed by atoms with Crippen molar-refractivity contribution in [1.82, 2.24) is 9.38 Å². The summed E-state index contributed by atoms with van der Waals surface area (Å²) < 4.78 is 2.47. The third-order valence-corrected chi connectivity index (χ3v) is 6.45. The van der Waals surface area contributed by atoms with Crippen LogP contribution in [-0.4, -0.2) is 16.4 Å². The Balaban J connectivity index is 1.85. The molecule has 1 aliphatic rings. The fourth-order valence-corrected chi connectivity index (χ4v) is 5.27. The van der Waals surface area contributed by atoms with Crippen molar-refractivity contribution in [2.45, 2.75) is 4.90 Å². The first-order valence-corrected chi connectivity index (χ1v) is 8.82. The monoisotopic (exact) mass is 337 g/mol. The number of imidazole rings is 1. The molecule has 0 aliphatic carbocycles. The van der Waals surface area contributed by atoms with Crippen LogP contribution in [0, 0.1) is 0 Å². The van der Waals surface area contributed by atoms with Gasteiger partial charge in [0.2, 0.25) is 0 Å². The molecule has 0 N–H and O–H groups in total. The molecule has 2 aromatic heterocycles. The lowest BCUT2D eigenvalue weighted by Gasteiger charge is -2.11. The Morgan fingerprint density at radius 2 is 1.83 bits per heavy atom. The first kappa shape index (κ1) is 13.2. The summed E-state index contributed by atoms with van der Waals surface area (Å²) in [5.41, 5.74) is 2.89. The summed E-state index contributed by atoms with van der Waals surface area (Å²) in [5.74, 6) is 0. The number of aromatic nitrogens is 2. The van der Waals surface area contributed by atoms with Crippen LogP contribution in [-0.2, 0) is 0 Å². The summed E-state index contributed by atoms with van der Waals surface area (Å²) in [5, 5.41) is 0.982. The molecule has 0 unspecified atom stereocenters. The zero-order chi connectivity index (χ0) is 15.6. The zero-order valence-corrected chi connectivity index (χ0v) is 13.8. The first-order chi connectivity index (χ1) is 11.2. The lowest BCUT2D eigenvalue weighted by molar-refractivity contribution is 1.17. The molecule has 4 nitrogen and oxygen atoms in total. The van der Waals surface area contributed by atoms with Crippen LogP contribution >= 0.6 is 23.1 Å². The van der Waals surface area contributed by atoms with Gasteiger partial charge in [-0.1, -0.05) is 47.4 Å². The third kappa shape index (κ3) is 1.73. The number of para-hydroxylation sites is 3. The van der Waals surface area contributed by atoms with Crippen LogP contribution in [0.15, 0.2) is 58.2 Å². The lowest BCUT2D eigenvalue weighted by atomic mass is 10.3. The van der Waals surface area contributed by atoms with Gasteiger partial charge in [-0.15, -0.1) is 0 Å². The highest BCUT2D eigenvalue weighted by molar-refractivity contribution is 8.08. The molecule has 4 aromatic rings. The van der Waals surface area contributed by atoms with Crippen LogP contribution in [0.25, 0.3) is 21.0 Å². The second kappa shape index (κ2) is 4.59. The molecule has 0 amide bonds. The smallest absolute Gasteiger partial charge is 0.277 e. The van der Waals surface area contributed by atoms with E-state index >= 15 is 0 Å². The van der Waals surface area contributed by atoms with E-state index in [0.717, 1.165) is 31.2 Å². The second-order valence-electron chi connectivity index (χ2n) is 5.39. The van der Waals surface area contributed by atoms with Crippen molar-refractivity contribution >= 4 is 49.8 Å². The van der Waals surface area contributed by atoms with E-state index in [1.54, 1.807) is 16.2 Å². The number of anilines is 1. The van der Waals surface area contributed by atoms with E-state index in [2.05, 4.69) is 22.0 Å². The average Bonchev–Trinajstić information content (AvgIpc) is 3.19. The molecule has 0 spiro atoms. The third-order valence-electron chi connectivity index (χ3n) is 4.05. The number of hydrogen-bond acceptors (Lipinski definition) is 5. The van der Waals surface area contributed by atoms with Crippen molar-refractivity contribution in [2.24, 2.45) is 0 Å². The number of thiazole rings is 1. The second-order valence-corrected chi connectivity index (χ2v) is 7.40. The van der Waals surface area contributed by atoms with E-state index in [1.165, 1.54) is 16.2 Å². The molecule has 0 fully saturated rings. The van der Waals surface area contributed by atoms with Crippen molar-refractivity contribution < 1.29 is 0 Å². The predicted molar refractivity (Wildman–Crippen MR) is 96.2 cm³/mol. The Morgan fingerprint density at radius 3 is 2.70 bits per heavy atom. The van der Waals surface area contributed by atoms with Crippen molar-refractivity contribution in [3.8, 4) is 0 Å². The van der Waals surface area contributed by atoms with Crippen LogP contribution < -0.4 is 15.0 Å². The average molecular weight is 337 g/mol. The molecule has 1 aliphatic heterocycles. The quantitative estimate of drug-likeness (QED) is 0.494. The summed E-state index contributed by atoms with van der Waals surface area (Å²) >= 11 is 3.11.